The first-order valence-corrected chi connectivity index (χ1v) is 21.2. The molecule has 0 bridgehead atoms. The maximum atomic E-state index is 13.5. The number of halogens is 1. The van der Waals surface area contributed by atoms with Crippen LogP contribution in [-0.2, 0) is 35.7 Å². The molecule has 6 heterocycles. The third-order valence-electron chi connectivity index (χ3n) is 12.3. The van der Waals surface area contributed by atoms with E-state index in [0.29, 0.717) is 56.2 Å². The predicted molar refractivity (Wildman–Crippen MR) is 228 cm³/mol. The topological polar surface area (TPSA) is 95.2 Å². The molecule has 0 unspecified atom stereocenters. The van der Waals surface area contributed by atoms with Gasteiger partial charge in [0, 0.05) is 53.9 Å². The molecule has 11 heteroatoms. The molecule has 310 valence electrons. The van der Waals surface area contributed by atoms with Crippen molar-refractivity contribution in [3.05, 3.63) is 155 Å². The van der Waals surface area contributed by atoms with Crippen LogP contribution in [0.1, 0.15) is 93.8 Å². The Balaban J connectivity index is 0.742. The lowest BCUT2D eigenvalue weighted by atomic mass is 9.89. The molecule has 0 radical (unpaired) electrons. The summed E-state index contributed by atoms with van der Waals surface area (Å²) in [5.74, 6) is 0.216. The van der Waals surface area contributed by atoms with E-state index in [0.717, 1.165) is 64.0 Å². The maximum Gasteiger partial charge on any atom is 0.382 e. The van der Waals surface area contributed by atoms with Gasteiger partial charge in [-0.1, -0.05) is 48.5 Å². The van der Waals surface area contributed by atoms with Crippen LogP contribution >= 0.6 is 0 Å². The monoisotopic (exact) mass is 810 g/mol. The fourth-order valence-corrected chi connectivity index (χ4v) is 9.19. The van der Waals surface area contributed by atoms with E-state index in [9.17, 15) is 14.0 Å². The zero-order chi connectivity index (χ0) is 41.0. The van der Waals surface area contributed by atoms with Gasteiger partial charge in [0.25, 0.3) is 0 Å². The SMILES string of the molecule is CCOCCn1cc(C2CCN(Cc3ccc(C(=O)OC(=O)c4ccc(CN5CCC(c6cn(Cc7ccc(F)cc7)c7ccccc67)CC5)o4)o3)CC2)c2ccccc21. The summed E-state index contributed by atoms with van der Waals surface area (Å²) in [6.45, 7) is 9.65. The molecule has 0 saturated carbocycles. The van der Waals surface area contributed by atoms with Crippen LogP contribution in [0.3, 0.4) is 0 Å². The maximum absolute atomic E-state index is 13.5. The lowest BCUT2D eigenvalue weighted by Gasteiger charge is -2.31. The molecule has 7 aromatic rings. The largest absolute Gasteiger partial charge is 0.453 e. The number of hydrogen-bond acceptors (Lipinski definition) is 8. The first kappa shape index (κ1) is 39.7. The van der Waals surface area contributed by atoms with E-state index in [4.69, 9.17) is 18.3 Å². The van der Waals surface area contributed by atoms with Gasteiger partial charge in [0.1, 0.15) is 17.3 Å². The molecule has 10 nitrogen and oxygen atoms in total. The molecule has 0 spiro atoms. The highest BCUT2D eigenvalue weighted by molar-refractivity contribution is 6.00. The van der Waals surface area contributed by atoms with Gasteiger partial charge in [-0.3, -0.25) is 9.80 Å². The summed E-state index contributed by atoms with van der Waals surface area (Å²) in [6, 6.07) is 30.5. The van der Waals surface area contributed by atoms with Crippen LogP contribution in [0.5, 0.6) is 0 Å². The van der Waals surface area contributed by atoms with Gasteiger partial charge in [-0.05, 0) is 136 Å². The van der Waals surface area contributed by atoms with Crippen molar-refractivity contribution in [2.24, 2.45) is 0 Å². The third kappa shape index (κ3) is 8.75. The van der Waals surface area contributed by atoms with Gasteiger partial charge < -0.3 is 27.4 Å². The second-order valence-corrected chi connectivity index (χ2v) is 16.2. The fraction of sp³-hybridized carbons (Fsp3) is 0.347. The third-order valence-corrected chi connectivity index (χ3v) is 12.3. The molecule has 0 aliphatic carbocycles. The highest BCUT2D eigenvalue weighted by Gasteiger charge is 2.28. The van der Waals surface area contributed by atoms with Crippen LogP contribution in [0.25, 0.3) is 21.8 Å². The number of para-hydroxylation sites is 2. The van der Waals surface area contributed by atoms with E-state index in [2.05, 4.69) is 79.9 Å². The Morgan fingerprint density at radius 3 is 1.67 bits per heavy atom. The zero-order valence-corrected chi connectivity index (χ0v) is 34.1. The molecule has 0 N–H and O–H groups in total. The molecule has 0 atom stereocenters. The molecule has 2 saturated heterocycles. The number of nitrogens with zero attached hydrogens (tertiary/aromatic N) is 4. The second-order valence-electron chi connectivity index (χ2n) is 16.2. The summed E-state index contributed by atoms with van der Waals surface area (Å²) in [6.07, 6.45) is 8.60. The molecule has 0 amide bonds. The molecule has 2 aliphatic heterocycles. The molecule has 60 heavy (non-hydrogen) atoms. The van der Waals surface area contributed by atoms with Crippen LogP contribution in [0.15, 0.2) is 118 Å². The summed E-state index contributed by atoms with van der Waals surface area (Å²) in [4.78, 5) is 30.6. The van der Waals surface area contributed by atoms with Gasteiger partial charge in [-0.25, -0.2) is 14.0 Å². The highest BCUT2D eigenvalue weighted by atomic mass is 19.1. The first-order chi connectivity index (χ1) is 29.4. The summed E-state index contributed by atoms with van der Waals surface area (Å²) < 4.78 is 40.7. The number of carbonyl (C=O) groups excluding carboxylic acids is 2. The molecular weight excluding hydrogens is 760 g/mol. The number of hydrogen-bond donors (Lipinski definition) is 0. The molecule has 3 aromatic carbocycles. The van der Waals surface area contributed by atoms with E-state index >= 15 is 0 Å². The lowest BCUT2D eigenvalue weighted by Crippen LogP contribution is -2.32. The summed E-state index contributed by atoms with van der Waals surface area (Å²) in [7, 11) is 0. The number of furan rings is 2. The number of esters is 2. The smallest absolute Gasteiger partial charge is 0.382 e. The molecular formula is C49H51FN4O6. The standard InChI is InChI=1S/C49H51FN4O6/c1-2-57-28-27-53-32-42(40-7-3-5-9-44(40)53)35-19-23-51(24-20-35)30-38-15-17-46(58-38)48(55)60-49(56)47-18-16-39(59-47)31-52-25-21-36(22-26-52)43-33-54(45-10-6-4-8-41(43)45)29-34-11-13-37(50)14-12-34/h3-18,32-33,35-36H,2,19-31H2,1H3. The Labute approximate surface area is 349 Å². The normalized spacial score (nSPS) is 16.0. The Bertz CT molecular complexity index is 2570. The van der Waals surface area contributed by atoms with Crippen molar-refractivity contribution in [1.29, 1.82) is 0 Å². The predicted octanol–water partition coefficient (Wildman–Crippen LogP) is 9.76. The van der Waals surface area contributed by atoms with E-state index in [1.807, 2.05) is 19.1 Å². The van der Waals surface area contributed by atoms with Crippen LogP contribution in [0.4, 0.5) is 4.39 Å². The number of piperidine rings is 2. The van der Waals surface area contributed by atoms with Crippen molar-refractivity contribution in [2.45, 2.75) is 70.6 Å². The highest BCUT2D eigenvalue weighted by Crippen LogP contribution is 2.37. The quantitative estimate of drug-likeness (QED) is 0.0609. The Morgan fingerprint density at radius 2 is 1.13 bits per heavy atom. The number of benzene rings is 3. The average molecular weight is 811 g/mol. The van der Waals surface area contributed by atoms with E-state index < -0.39 is 11.9 Å². The van der Waals surface area contributed by atoms with Crippen molar-refractivity contribution < 1.29 is 32.3 Å². The molecule has 2 fully saturated rings. The van der Waals surface area contributed by atoms with Crippen LogP contribution < -0.4 is 0 Å². The Kier molecular flexibility index (Phi) is 11.8. The number of likely N-dealkylation sites (tertiary alicyclic amines) is 2. The summed E-state index contributed by atoms with van der Waals surface area (Å²) in [5.41, 5.74) is 6.23. The molecule has 2 aliphatic rings. The van der Waals surface area contributed by atoms with Crippen molar-refractivity contribution in [3.8, 4) is 0 Å². The number of fused-ring (bicyclic) bond motifs is 2. The number of carbonyl (C=O) groups is 2. The minimum Gasteiger partial charge on any atom is -0.453 e. The average Bonchev–Trinajstić information content (AvgIpc) is 4.09. The van der Waals surface area contributed by atoms with Gasteiger partial charge in [0.15, 0.2) is 0 Å². The van der Waals surface area contributed by atoms with E-state index in [-0.39, 0.29) is 17.3 Å². The van der Waals surface area contributed by atoms with Crippen LogP contribution in [0.2, 0.25) is 0 Å². The summed E-state index contributed by atoms with van der Waals surface area (Å²) in [5, 5.41) is 2.57. The molecule has 4 aromatic heterocycles. The zero-order valence-electron chi connectivity index (χ0n) is 34.1. The van der Waals surface area contributed by atoms with Gasteiger partial charge in [-0.15, -0.1) is 0 Å². The number of ether oxygens (including phenoxy) is 2. The van der Waals surface area contributed by atoms with Gasteiger partial charge in [-0.2, -0.15) is 0 Å². The second kappa shape index (κ2) is 17.8. The van der Waals surface area contributed by atoms with Crippen molar-refractivity contribution in [2.75, 3.05) is 39.4 Å². The minimum atomic E-state index is -0.846. The minimum absolute atomic E-state index is 0.0127. The Hall–Kier alpha value is -5.75. The number of rotatable bonds is 14. The molecule has 9 rings (SSSR count). The van der Waals surface area contributed by atoms with Gasteiger partial charge >= 0.3 is 11.9 Å². The van der Waals surface area contributed by atoms with Crippen molar-refractivity contribution >= 4 is 33.7 Å². The van der Waals surface area contributed by atoms with Gasteiger partial charge in [0.05, 0.1) is 19.7 Å². The fourth-order valence-electron chi connectivity index (χ4n) is 9.19. The van der Waals surface area contributed by atoms with E-state index in [1.165, 1.54) is 45.1 Å². The lowest BCUT2D eigenvalue weighted by molar-refractivity contribution is 0.0349. The van der Waals surface area contributed by atoms with E-state index in [1.54, 1.807) is 24.3 Å². The van der Waals surface area contributed by atoms with Crippen LogP contribution in [0, 0.1) is 5.82 Å². The number of aromatic nitrogens is 2. The van der Waals surface area contributed by atoms with Crippen molar-refractivity contribution in [1.82, 2.24) is 18.9 Å². The van der Waals surface area contributed by atoms with Gasteiger partial charge in [0.2, 0.25) is 11.5 Å². The van der Waals surface area contributed by atoms with Crippen molar-refractivity contribution in [3.63, 3.8) is 0 Å². The Morgan fingerprint density at radius 1 is 0.633 bits per heavy atom. The summed E-state index contributed by atoms with van der Waals surface area (Å²) >= 11 is 0. The first-order valence-electron chi connectivity index (χ1n) is 21.2. The van der Waals surface area contributed by atoms with Crippen LogP contribution in [-0.4, -0.2) is 70.3 Å².